The Morgan fingerprint density at radius 1 is 1.16 bits per heavy atom. The zero-order valence-corrected chi connectivity index (χ0v) is 17.6. The van der Waals surface area contributed by atoms with Crippen LogP contribution in [0.4, 0.5) is 10.1 Å². The van der Waals surface area contributed by atoms with E-state index in [2.05, 4.69) is 33.4 Å². The van der Waals surface area contributed by atoms with Gasteiger partial charge in [-0.1, -0.05) is 12.1 Å². The van der Waals surface area contributed by atoms with Crippen LogP contribution in [0.1, 0.15) is 47.7 Å². The van der Waals surface area contributed by atoms with Crippen molar-refractivity contribution in [3.05, 3.63) is 65.6 Å². The van der Waals surface area contributed by atoms with Crippen molar-refractivity contribution >= 4 is 22.5 Å². The van der Waals surface area contributed by atoms with Gasteiger partial charge >= 0.3 is 0 Å². The number of aromatic amines is 1. The molecule has 31 heavy (non-hydrogen) atoms. The summed E-state index contributed by atoms with van der Waals surface area (Å²) >= 11 is 0. The molecule has 1 aromatic heterocycles. The lowest BCUT2D eigenvalue weighted by molar-refractivity contribution is 0.0632. The van der Waals surface area contributed by atoms with E-state index < -0.39 is 0 Å². The topological polar surface area (TPSA) is 57.4 Å². The van der Waals surface area contributed by atoms with Crippen molar-refractivity contribution in [2.24, 2.45) is 0 Å². The molecule has 2 unspecified atom stereocenters. The van der Waals surface area contributed by atoms with Gasteiger partial charge in [0.2, 0.25) is 0 Å². The van der Waals surface area contributed by atoms with Gasteiger partial charge < -0.3 is 19.9 Å². The smallest absolute Gasteiger partial charge is 0.272 e. The zero-order valence-electron chi connectivity index (χ0n) is 17.6. The van der Waals surface area contributed by atoms with Gasteiger partial charge in [-0.15, -0.1) is 0 Å². The van der Waals surface area contributed by atoms with Gasteiger partial charge in [-0.3, -0.25) is 4.79 Å². The molecule has 1 amide bonds. The molecule has 0 spiro atoms. The summed E-state index contributed by atoms with van der Waals surface area (Å²) in [4.78, 5) is 18.3. The van der Waals surface area contributed by atoms with Crippen LogP contribution in [0.3, 0.4) is 0 Å². The molecule has 0 saturated carbocycles. The minimum absolute atomic E-state index is 0.274. The van der Waals surface area contributed by atoms with Crippen LogP contribution in [-0.4, -0.2) is 48.1 Å². The first kappa shape index (κ1) is 20.2. The van der Waals surface area contributed by atoms with Gasteiger partial charge in [0, 0.05) is 36.3 Å². The largest absolute Gasteiger partial charge is 0.377 e. The third kappa shape index (κ3) is 4.65. The van der Waals surface area contributed by atoms with Crippen LogP contribution in [0, 0.1) is 5.82 Å². The average molecular weight is 422 g/mol. The molecule has 3 aromatic rings. The summed E-state index contributed by atoms with van der Waals surface area (Å²) in [6.07, 6.45) is 5.14. The lowest BCUT2D eigenvalue weighted by atomic mass is 9.90. The normalized spacial score (nSPS) is 22.1. The summed E-state index contributed by atoms with van der Waals surface area (Å²) in [5, 5.41) is 3.78. The number of ether oxygens (including phenoxy) is 1. The second kappa shape index (κ2) is 8.81. The predicted octanol–water partition coefficient (Wildman–Crippen LogP) is 4.92. The van der Waals surface area contributed by atoms with E-state index in [1.807, 2.05) is 6.07 Å². The van der Waals surface area contributed by atoms with Crippen molar-refractivity contribution in [1.82, 2.24) is 9.88 Å². The number of aromatic nitrogens is 1. The lowest BCUT2D eigenvalue weighted by Crippen LogP contribution is -2.39. The number of fused-ring (bicyclic) bond motifs is 1. The highest BCUT2D eigenvalue weighted by molar-refractivity contribution is 6.06. The van der Waals surface area contributed by atoms with Crippen molar-refractivity contribution in [1.29, 1.82) is 0 Å². The highest BCUT2D eigenvalue weighted by atomic mass is 19.1. The van der Waals surface area contributed by atoms with Crippen molar-refractivity contribution < 1.29 is 13.9 Å². The molecule has 0 radical (unpaired) electrons. The van der Waals surface area contributed by atoms with Crippen molar-refractivity contribution in [2.45, 2.75) is 37.7 Å². The fourth-order valence-corrected chi connectivity index (χ4v) is 4.86. The van der Waals surface area contributed by atoms with Crippen molar-refractivity contribution in [2.75, 3.05) is 31.6 Å². The number of amides is 1. The Labute approximate surface area is 181 Å². The number of likely N-dealkylation sites (tertiary alicyclic amines) is 1. The molecule has 2 saturated heterocycles. The zero-order chi connectivity index (χ0) is 21.2. The van der Waals surface area contributed by atoms with E-state index in [-0.39, 0.29) is 11.7 Å². The number of hydrogen-bond acceptors (Lipinski definition) is 3. The Morgan fingerprint density at radius 3 is 2.94 bits per heavy atom. The Kier molecular flexibility index (Phi) is 5.74. The van der Waals surface area contributed by atoms with Crippen LogP contribution in [-0.2, 0) is 4.74 Å². The van der Waals surface area contributed by atoms with Crippen LogP contribution >= 0.6 is 0 Å². The van der Waals surface area contributed by atoms with Gasteiger partial charge in [0.1, 0.15) is 11.5 Å². The molecular weight excluding hydrogens is 393 g/mol. The molecule has 162 valence electrons. The fourth-order valence-electron chi connectivity index (χ4n) is 4.86. The van der Waals surface area contributed by atoms with E-state index in [1.54, 1.807) is 12.1 Å². The average Bonchev–Trinajstić information content (AvgIpc) is 3.43. The van der Waals surface area contributed by atoms with Gasteiger partial charge in [-0.05, 0) is 80.1 Å². The maximum absolute atomic E-state index is 13.4. The van der Waals surface area contributed by atoms with Gasteiger partial charge in [0.05, 0.1) is 6.10 Å². The Bertz CT molecular complexity index is 1070. The summed E-state index contributed by atoms with van der Waals surface area (Å²) < 4.78 is 19.2. The molecule has 3 heterocycles. The molecule has 2 atom stereocenters. The van der Waals surface area contributed by atoms with E-state index in [9.17, 15) is 9.18 Å². The maximum Gasteiger partial charge on any atom is 0.272 e. The quantitative estimate of drug-likeness (QED) is 0.615. The summed E-state index contributed by atoms with van der Waals surface area (Å²) in [6.45, 7) is 4.14. The molecule has 2 aliphatic rings. The minimum Gasteiger partial charge on any atom is -0.377 e. The Hall–Kier alpha value is -2.70. The van der Waals surface area contributed by atoms with Gasteiger partial charge in [0.15, 0.2) is 0 Å². The van der Waals surface area contributed by atoms with Gasteiger partial charge in [0.25, 0.3) is 5.91 Å². The van der Waals surface area contributed by atoms with E-state index in [0.717, 1.165) is 37.1 Å². The molecule has 2 fully saturated rings. The predicted molar refractivity (Wildman–Crippen MR) is 120 cm³/mol. The van der Waals surface area contributed by atoms with Crippen LogP contribution < -0.4 is 5.32 Å². The molecular formula is C25H28FN3O2. The number of carbonyl (C=O) groups is 1. The van der Waals surface area contributed by atoms with Crippen LogP contribution in [0.25, 0.3) is 10.9 Å². The second-order valence-corrected chi connectivity index (χ2v) is 8.73. The number of nitrogens with one attached hydrogen (secondary N) is 2. The second-order valence-electron chi connectivity index (χ2n) is 8.73. The lowest BCUT2D eigenvalue weighted by Gasteiger charge is -2.34. The van der Waals surface area contributed by atoms with Gasteiger partial charge in [-0.25, -0.2) is 4.39 Å². The van der Waals surface area contributed by atoms with E-state index in [1.165, 1.54) is 43.4 Å². The first-order chi connectivity index (χ1) is 15.1. The number of hydrogen-bond donors (Lipinski definition) is 2. The molecule has 0 aliphatic carbocycles. The molecule has 6 heteroatoms. The Balaban J connectivity index is 1.29. The molecule has 2 aromatic carbocycles. The maximum atomic E-state index is 13.4. The number of H-pyrrole nitrogens is 1. The number of benzene rings is 2. The number of halogens is 1. The number of nitrogens with zero attached hydrogens (tertiary/aromatic N) is 1. The molecule has 2 N–H and O–H groups in total. The first-order valence-corrected chi connectivity index (χ1v) is 11.2. The summed E-state index contributed by atoms with van der Waals surface area (Å²) in [5.74, 6) is -0.150. The van der Waals surface area contributed by atoms with Crippen molar-refractivity contribution in [3.8, 4) is 0 Å². The summed E-state index contributed by atoms with van der Waals surface area (Å²) in [5.41, 5.74) is 3.17. The Morgan fingerprint density at radius 2 is 2.10 bits per heavy atom. The molecule has 5 rings (SSSR count). The van der Waals surface area contributed by atoms with Gasteiger partial charge in [-0.2, -0.15) is 0 Å². The van der Waals surface area contributed by atoms with E-state index in [4.69, 9.17) is 4.74 Å². The van der Waals surface area contributed by atoms with Crippen molar-refractivity contribution in [3.63, 3.8) is 0 Å². The third-order valence-corrected chi connectivity index (χ3v) is 6.43. The monoisotopic (exact) mass is 421 g/mol. The minimum atomic E-state index is -0.375. The third-order valence-electron chi connectivity index (χ3n) is 6.43. The highest BCUT2D eigenvalue weighted by Crippen LogP contribution is 2.30. The standard InChI is InChI=1S/C25H28FN3O2/c26-20-5-1-6-21(14-20)27-25(30)24-13-19-12-17(8-9-23(19)28-24)18-4-2-10-29(15-18)16-22-7-3-11-31-22/h1,5-6,8-9,12-14,18,22,28H,2-4,7,10-11,15-16H2,(H,27,30). The summed E-state index contributed by atoms with van der Waals surface area (Å²) in [7, 11) is 0. The molecule has 5 nitrogen and oxygen atoms in total. The number of piperidine rings is 1. The number of anilines is 1. The SMILES string of the molecule is O=C(Nc1cccc(F)c1)c1cc2cc(C3CCCN(CC4CCCO4)C3)ccc2[nH]1. The van der Waals surface area contributed by atoms with E-state index >= 15 is 0 Å². The molecule has 0 bridgehead atoms. The fraction of sp³-hybridized carbons (Fsp3) is 0.400. The summed E-state index contributed by atoms with van der Waals surface area (Å²) in [6, 6.07) is 14.2. The van der Waals surface area contributed by atoms with E-state index in [0.29, 0.717) is 23.4 Å². The first-order valence-electron chi connectivity index (χ1n) is 11.2. The highest BCUT2D eigenvalue weighted by Gasteiger charge is 2.25. The molecule has 2 aliphatic heterocycles. The van der Waals surface area contributed by atoms with Crippen LogP contribution in [0.5, 0.6) is 0 Å². The van der Waals surface area contributed by atoms with Crippen LogP contribution in [0.2, 0.25) is 0 Å². The number of carbonyl (C=O) groups excluding carboxylic acids is 1. The van der Waals surface area contributed by atoms with Crippen LogP contribution in [0.15, 0.2) is 48.5 Å². The number of rotatable bonds is 5.